The number of rotatable bonds is 1. The third kappa shape index (κ3) is 2.34. The number of hydrogen-bond acceptors (Lipinski definition) is 3. The normalized spacial score (nSPS) is 19.3. The monoisotopic (exact) mass is 369 g/mol. The van der Waals surface area contributed by atoms with Gasteiger partial charge in [0.05, 0.1) is 0 Å². The Morgan fingerprint density at radius 3 is 2.09 bits per heavy atom. The molecular weight excluding hydrogens is 354 g/mol. The second kappa shape index (κ2) is 4.90. The minimum Gasteiger partial charge on any atom is -0.445 e. The predicted molar refractivity (Wildman–Crippen MR) is 95.8 cm³/mol. The van der Waals surface area contributed by atoms with E-state index in [-0.39, 0.29) is 0 Å². The van der Waals surface area contributed by atoms with E-state index in [0.717, 1.165) is 32.3 Å². The zero-order chi connectivity index (χ0) is 16.2. The van der Waals surface area contributed by atoms with Gasteiger partial charge in [-0.2, -0.15) is 0 Å². The van der Waals surface area contributed by atoms with Gasteiger partial charge in [0.2, 0.25) is 0 Å². The fourth-order valence-electron chi connectivity index (χ4n) is 2.87. The summed E-state index contributed by atoms with van der Waals surface area (Å²) < 4.78 is 13.1. The van der Waals surface area contributed by atoms with E-state index in [1.54, 1.807) is 0 Å². The van der Waals surface area contributed by atoms with E-state index in [2.05, 4.69) is 35.0 Å². The SMILES string of the molecule is Cc1ccc(C2(C)Oc3cc4cc(N)c(Br)cc4cc3O2)cc1. The smallest absolute Gasteiger partial charge is 0.275 e. The minimum atomic E-state index is -0.809. The van der Waals surface area contributed by atoms with Crippen LogP contribution in [0.5, 0.6) is 11.5 Å². The van der Waals surface area contributed by atoms with Gasteiger partial charge in [-0.15, -0.1) is 0 Å². The first-order chi connectivity index (χ1) is 10.9. The van der Waals surface area contributed by atoms with E-state index >= 15 is 0 Å². The van der Waals surface area contributed by atoms with Crippen LogP contribution < -0.4 is 15.2 Å². The quantitative estimate of drug-likeness (QED) is 0.604. The van der Waals surface area contributed by atoms with Crippen LogP contribution in [0, 0.1) is 6.92 Å². The molecule has 3 aromatic rings. The zero-order valence-corrected chi connectivity index (χ0v) is 14.5. The lowest BCUT2D eigenvalue weighted by molar-refractivity contribution is -0.0679. The summed E-state index contributed by atoms with van der Waals surface area (Å²) in [7, 11) is 0. The zero-order valence-electron chi connectivity index (χ0n) is 12.9. The van der Waals surface area contributed by atoms with Gasteiger partial charge in [0.25, 0.3) is 5.79 Å². The number of anilines is 1. The van der Waals surface area contributed by atoms with Crippen LogP contribution in [0.4, 0.5) is 5.69 Å². The molecule has 1 atom stereocenters. The number of nitrogens with two attached hydrogens (primary N) is 1. The summed E-state index contributed by atoms with van der Waals surface area (Å²) in [4.78, 5) is 0. The summed E-state index contributed by atoms with van der Waals surface area (Å²) >= 11 is 3.47. The minimum absolute atomic E-state index is 0.706. The van der Waals surface area contributed by atoms with Gasteiger partial charge in [-0.3, -0.25) is 0 Å². The fourth-order valence-corrected chi connectivity index (χ4v) is 3.23. The second-order valence-corrected chi connectivity index (χ2v) is 6.89. The van der Waals surface area contributed by atoms with E-state index in [9.17, 15) is 0 Å². The molecule has 2 N–H and O–H groups in total. The Morgan fingerprint density at radius 2 is 1.48 bits per heavy atom. The molecule has 0 bridgehead atoms. The molecule has 4 heteroatoms. The third-order valence-electron chi connectivity index (χ3n) is 4.20. The molecule has 23 heavy (non-hydrogen) atoms. The van der Waals surface area contributed by atoms with Crippen molar-refractivity contribution < 1.29 is 9.47 Å². The molecule has 0 aromatic heterocycles. The lowest BCUT2D eigenvalue weighted by Gasteiger charge is -2.23. The van der Waals surface area contributed by atoms with Crippen LogP contribution in [-0.4, -0.2) is 0 Å². The van der Waals surface area contributed by atoms with Gasteiger partial charge in [-0.25, -0.2) is 0 Å². The fraction of sp³-hybridized carbons (Fsp3) is 0.158. The first kappa shape index (κ1) is 14.4. The highest BCUT2D eigenvalue weighted by Gasteiger charge is 2.38. The predicted octanol–water partition coefficient (Wildman–Crippen LogP) is 5.14. The molecule has 1 aliphatic heterocycles. The van der Waals surface area contributed by atoms with Crippen LogP contribution >= 0.6 is 15.9 Å². The van der Waals surface area contributed by atoms with Gasteiger partial charge in [0.15, 0.2) is 11.5 Å². The molecule has 0 saturated heterocycles. The Balaban J connectivity index is 1.79. The molecule has 3 nitrogen and oxygen atoms in total. The molecule has 0 amide bonds. The van der Waals surface area contributed by atoms with Crippen molar-refractivity contribution >= 4 is 32.4 Å². The van der Waals surface area contributed by atoms with Crippen molar-refractivity contribution in [1.82, 2.24) is 0 Å². The van der Waals surface area contributed by atoms with Crippen LogP contribution in [-0.2, 0) is 5.79 Å². The van der Waals surface area contributed by atoms with Crippen LogP contribution in [0.3, 0.4) is 0 Å². The van der Waals surface area contributed by atoms with E-state index in [0.29, 0.717) is 5.69 Å². The number of nitrogen functional groups attached to an aromatic ring is 1. The van der Waals surface area contributed by atoms with Crippen molar-refractivity contribution in [2.24, 2.45) is 0 Å². The van der Waals surface area contributed by atoms with Crippen molar-refractivity contribution in [2.45, 2.75) is 19.6 Å². The first-order valence-electron chi connectivity index (χ1n) is 7.42. The number of ether oxygens (including phenoxy) is 2. The molecule has 4 rings (SSSR count). The molecule has 3 aromatic carbocycles. The summed E-state index contributed by atoms with van der Waals surface area (Å²) in [5, 5.41) is 2.09. The second-order valence-electron chi connectivity index (χ2n) is 6.04. The van der Waals surface area contributed by atoms with E-state index in [1.807, 2.05) is 43.3 Å². The van der Waals surface area contributed by atoms with E-state index in [1.165, 1.54) is 5.56 Å². The molecular formula is C19H16BrNO2. The third-order valence-corrected chi connectivity index (χ3v) is 4.89. The van der Waals surface area contributed by atoms with Crippen molar-refractivity contribution in [3.8, 4) is 11.5 Å². The van der Waals surface area contributed by atoms with Crippen molar-refractivity contribution in [2.75, 3.05) is 5.73 Å². The van der Waals surface area contributed by atoms with E-state index < -0.39 is 5.79 Å². The Hall–Kier alpha value is -2.20. The number of benzene rings is 3. The number of aryl methyl sites for hydroxylation is 1. The van der Waals surface area contributed by atoms with Gasteiger partial charge >= 0.3 is 0 Å². The summed E-state index contributed by atoms with van der Waals surface area (Å²) in [6.45, 7) is 4.00. The first-order valence-corrected chi connectivity index (χ1v) is 8.22. The number of fused-ring (bicyclic) bond motifs is 2. The Bertz CT molecular complexity index is 868. The largest absolute Gasteiger partial charge is 0.445 e. The van der Waals surface area contributed by atoms with Gasteiger partial charge < -0.3 is 15.2 Å². The maximum atomic E-state index is 6.13. The molecule has 116 valence electrons. The number of halogens is 1. The molecule has 0 fully saturated rings. The Kier molecular flexibility index (Phi) is 3.07. The molecule has 1 heterocycles. The molecule has 0 saturated carbocycles. The van der Waals surface area contributed by atoms with Crippen molar-refractivity contribution in [1.29, 1.82) is 0 Å². The maximum absolute atomic E-state index is 6.13. The topological polar surface area (TPSA) is 44.5 Å². The van der Waals surface area contributed by atoms with Gasteiger partial charge in [-0.1, -0.05) is 29.8 Å². The lowest BCUT2D eigenvalue weighted by atomic mass is 10.1. The molecule has 1 unspecified atom stereocenters. The van der Waals surface area contributed by atoms with Crippen LogP contribution in [0.15, 0.2) is 53.0 Å². The molecule has 1 aliphatic rings. The standard InChI is InChI=1S/C19H16BrNO2/c1-11-3-5-14(6-4-11)19(2)22-17-9-12-7-15(20)16(21)8-13(12)10-18(17)23-19/h3-10H,21H2,1-2H3. The van der Waals surface area contributed by atoms with Gasteiger partial charge in [0.1, 0.15) is 0 Å². The van der Waals surface area contributed by atoms with Gasteiger partial charge in [-0.05, 0) is 57.9 Å². The molecule has 0 radical (unpaired) electrons. The van der Waals surface area contributed by atoms with Crippen molar-refractivity contribution in [3.05, 3.63) is 64.1 Å². The number of hydrogen-bond donors (Lipinski definition) is 1. The maximum Gasteiger partial charge on any atom is 0.275 e. The highest BCUT2D eigenvalue weighted by Crippen LogP contribution is 2.46. The highest BCUT2D eigenvalue weighted by atomic mass is 79.9. The summed E-state index contributed by atoms with van der Waals surface area (Å²) in [6.07, 6.45) is 0. The molecule has 0 aliphatic carbocycles. The Labute approximate surface area is 143 Å². The van der Waals surface area contributed by atoms with E-state index in [4.69, 9.17) is 15.2 Å². The average Bonchev–Trinajstić information content (AvgIpc) is 2.83. The highest BCUT2D eigenvalue weighted by molar-refractivity contribution is 9.10. The summed E-state index contributed by atoms with van der Waals surface area (Å²) in [6, 6.07) is 16.1. The van der Waals surface area contributed by atoms with Gasteiger partial charge in [0, 0.05) is 22.6 Å². The Morgan fingerprint density at radius 1 is 0.913 bits per heavy atom. The van der Waals surface area contributed by atoms with Crippen molar-refractivity contribution in [3.63, 3.8) is 0 Å². The van der Waals surface area contributed by atoms with Crippen LogP contribution in [0.2, 0.25) is 0 Å². The van der Waals surface area contributed by atoms with Crippen LogP contribution in [0.25, 0.3) is 10.8 Å². The van der Waals surface area contributed by atoms with Crippen LogP contribution in [0.1, 0.15) is 18.1 Å². The summed E-state index contributed by atoms with van der Waals surface area (Å²) in [5.41, 5.74) is 8.87. The molecule has 0 spiro atoms. The average molecular weight is 370 g/mol. The summed E-state index contributed by atoms with van der Waals surface area (Å²) in [5.74, 6) is 0.676. The lowest BCUT2D eigenvalue weighted by Crippen LogP contribution is -2.31.